The number of piperidine rings is 1. The molecule has 3 aromatic rings. The maximum atomic E-state index is 12.6. The van der Waals surface area contributed by atoms with Crippen molar-refractivity contribution in [2.24, 2.45) is 11.1 Å². The first-order chi connectivity index (χ1) is 16.6. The fourth-order valence-electron chi connectivity index (χ4n) is 4.92. The van der Waals surface area contributed by atoms with E-state index in [-0.39, 0.29) is 17.9 Å². The zero-order valence-electron chi connectivity index (χ0n) is 19.3. The van der Waals surface area contributed by atoms with E-state index in [4.69, 9.17) is 0 Å². The van der Waals surface area contributed by atoms with Crippen molar-refractivity contribution in [3.05, 3.63) is 101 Å². The highest BCUT2D eigenvalue weighted by Crippen LogP contribution is 2.33. The average molecular weight is 456 g/mol. The molecule has 6 heteroatoms. The highest BCUT2D eigenvalue weighted by atomic mass is 16.3. The van der Waals surface area contributed by atoms with Gasteiger partial charge in [-0.2, -0.15) is 0 Å². The Balaban J connectivity index is 1.51. The summed E-state index contributed by atoms with van der Waals surface area (Å²) in [5.41, 5.74) is 2.52. The highest BCUT2D eigenvalue weighted by molar-refractivity contribution is 5.97. The van der Waals surface area contributed by atoms with Crippen molar-refractivity contribution in [3.63, 3.8) is 0 Å². The quantitative estimate of drug-likeness (QED) is 0.403. The summed E-state index contributed by atoms with van der Waals surface area (Å²) in [6.07, 6.45) is 2.92. The molecule has 34 heavy (non-hydrogen) atoms. The maximum absolute atomic E-state index is 12.6. The molecule has 1 aliphatic rings. The Kier molecular flexibility index (Phi) is 7.60. The summed E-state index contributed by atoms with van der Waals surface area (Å²) in [6.45, 7) is 4.08. The average Bonchev–Trinajstić information content (AvgIpc) is 2.90. The van der Waals surface area contributed by atoms with Crippen molar-refractivity contribution in [3.8, 4) is 0 Å². The van der Waals surface area contributed by atoms with Crippen LogP contribution in [0.3, 0.4) is 0 Å². The molecule has 0 spiro atoms. The van der Waals surface area contributed by atoms with Gasteiger partial charge < -0.3 is 10.2 Å². The number of nitroso groups, excluding NO2 is 1. The van der Waals surface area contributed by atoms with Crippen LogP contribution in [0.4, 0.5) is 0 Å². The van der Waals surface area contributed by atoms with E-state index >= 15 is 0 Å². The topological polar surface area (TPSA) is 78.8 Å². The van der Waals surface area contributed by atoms with Gasteiger partial charge in [-0.05, 0) is 47.1 Å². The molecule has 174 valence electrons. The number of nitrogens with one attached hydrogen (secondary N) is 1. The second-order valence-corrected chi connectivity index (χ2v) is 8.81. The molecule has 0 saturated carbocycles. The minimum absolute atomic E-state index is 0.143. The Bertz CT molecular complexity index is 1190. The normalized spacial score (nSPS) is 19.3. The zero-order chi connectivity index (χ0) is 23.9. The summed E-state index contributed by atoms with van der Waals surface area (Å²) in [5, 5.41) is 8.49. The number of hydrogen-bond acceptors (Lipinski definition) is 4. The Labute approximate surface area is 199 Å². The van der Waals surface area contributed by atoms with Crippen molar-refractivity contribution in [2.45, 2.75) is 25.3 Å². The molecule has 3 aromatic carbocycles. The minimum atomic E-state index is -0.949. The van der Waals surface area contributed by atoms with Crippen LogP contribution in [0.5, 0.6) is 0 Å². The molecule has 0 bridgehead atoms. The van der Waals surface area contributed by atoms with Crippen LogP contribution in [0.25, 0.3) is 10.8 Å². The van der Waals surface area contributed by atoms with E-state index in [0.29, 0.717) is 19.0 Å². The van der Waals surface area contributed by atoms with Gasteiger partial charge in [0.2, 0.25) is 5.91 Å². The molecule has 1 fully saturated rings. The Hall–Kier alpha value is -3.64. The van der Waals surface area contributed by atoms with Gasteiger partial charge in [0.05, 0.1) is 0 Å². The second-order valence-electron chi connectivity index (χ2n) is 8.81. The highest BCUT2D eigenvalue weighted by Gasteiger charge is 2.32. The number of fused-ring (bicyclic) bond motifs is 1. The summed E-state index contributed by atoms with van der Waals surface area (Å²) in [7, 11) is 0. The number of amides is 2. The van der Waals surface area contributed by atoms with Crippen LogP contribution in [0.15, 0.2) is 90.1 Å². The number of carbonyl (C=O) groups is 2. The van der Waals surface area contributed by atoms with E-state index in [1.54, 1.807) is 4.90 Å². The van der Waals surface area contributed by atoms with Gasteiger partial charge in [0.1, 0.15) is 0 Å². The maximum Gasteiger partial charge on any atom is 0.309 e. The first kappa shape index (κ1) is 23.5. The second kappa shape index (κ2) is 11.0. The smallest absolute Gasteiger partial charge is 0.309 e. The molecule has 3 atom stereocenters. The Morgan fingerprint density at radius 1 is 1.03 bits per heavy atom. The van der Waals surface area contributed by atoms with E-state index < -0.39 is 5.91 Å². The lowest BCUT2D eigenvalue weighted by atomic mass is 9.80. The lowest BCUT2D eigenvalue weighted by Gasteiger charge is -2.39. The van der Waals surface area contributed by atoms with Crippen molar-refractivity contribution in [1.82, 2.24) is 10.2 Å². The summed E-state index contributed by atoms with van der Waals surface area (Å²) < 4.78 is 0. The monoisotopic (exact) mass is 455 g/mol. The predicted molar refractivity (Wildman–Crippen MR) is 134 cm³/mol. The number of hydrogen-bond donors (Lipinski definition) is 1. The molecule has 4 rings (SSSR count). The molecular formula is C28H29N3O3. The van der Waals surface area contributed by atoms with Crippen LogP contribution >= 0.6 is 0 Å². The molecular weight excluding hydrogens is 426 g/mol. The molecule has 2 unspecified atom stereocenters. The van der Waals surface area contributed by atoms with Crippen LogP contribution in [0.1, 0.15) is 36.4 Å². The van der Waals surface area contributed by atoms with Gasteiger partial charge in [-0.15, -0.1) is 4.91 Å². The molecule has 0 aliphatic carbocycles. The number of likely N-dealkylation sites (tertiary alicyclic amines) is 1. The van der Waals surface area contributed by atoms with E-state index in [0.717, 1.165) is 25.1 Å². The molecule has 1 saturated heterocycles. The minimum Gasteiger partial charge on any atom is -0.339 e. The molecule has 6 nitrogen and oxygen atoms in total. The summed E-state index contributed by atoms with van der Waals surface area (Å²) in [5.74, 6) is -0.698. The fraction of sp³-hybridized carbons (Fsp3) is 0.286. The first-order valence-electron chi connectivity index (χ1n) is 11.7. The van der Waals surface area contributed by atoms with Crippen LogP contribution in [-0.2, 0) is 9.59 Å². The van der Waals surface area contributed by atoms with E-state index in [1.807, 2.05) is 6.07 Å². The largest absolute Gasteiger partial charge is 0.339 e. The van der Waals surface area contributed by atoms with E-state index in [9.17, 15) is 14.5 Å². The van der Waals surface area contributed by atoms with Gasteiger partial charge in [-0.3, -0.25) is 9.59 Å². The first-order valence-corrected chi connectivity index (χ1v) is 11.7. The summed E-state index contributed by atoms with van der Waals surface area (Å²) in [4.78, 5) is 35.9. The lowest BCUT2D eigenvalue weighted by Crippen LogP contribution is -2.46. The summed E-state index contributed by atoms with van der Waals surface area (Å²) in [6, 6.07) is 25.3. The van der Waals surface area contributed by atoms with Crippen molar-refractivity contribution in [1.29, 1.82) is 0 Å². The number of benzene rings is 3. The van der Waals surface area contributed by atoms with E-state index in [1.165, 1.54) is 21.9 Å². The molecule has 0 radical (unpaired) electrons. The van der Waals surface area contributed by atoms with Crippen molar-refractivity contribution < 1.29 is 9.59 Å². The van der Waals surface area contributed by atoms with Crippen LogP contribution < -0.4 is 5.32 Å². The van der Waals surface area contributed by atoms with Crippen molar-refractivity contribution in [2.75, 3.05) is 19.6 Å². The molecule has 1 N–H and O–H groups in total. The third kappa shape index (κ3) is 5.46. The van der Waals surface area contributed by atoms with Gasteiger partial charge in [-0.1, -0.05) is 72.8 Å². The molecule has 2 amide bonds. The zero-order valence-corrected chi connectivity index (χ0v) is 19.3. The SMILES string of the molecule is C[C@@H](NCC1CN(C(=O)/C=C/C(=O)N=O)CCC1c1ccccc1)c1cccc2ccccc12. The Morgan fingerprint density at radius 2 is 1.76 bits per heavy atom. The molecule has 1 heterocycles. The number of rotatable bonds is 7. The number of nitrogens with zero attached hydrogens (tertiary/aromatic N) is 2. The number of carbonyl (C=O) groups excluding carboxylic acids is 2. The van der Waals surface area contributed by atoms with Crippen LogP contribution in [0, 0.1) is 10.8 Å². The standard InChI is InChI=1S/C28H29N3O3/c1-20(24-13-7-11-22-10-5-6-12-26(22)24)29-18-23-19-31(28(33)15-14-27(32)30-34)17-16-25(23)21-8-3-2-4-9-21/h2-15,20,23,25,29H,16-19H2,1H3/b15-14+/t20-,23?,25?/m1/s1. The summed E-state index contributed by atoms with van der Waals surface area (Å²) >= 11 is 0. The molecule has 0 aromatic heterocycles. The van der Waals surface area contributed by atoms with E-state index in [2.05, 4.69) is 84.1 Å². The van der Waals surface area contributed by atoms with Gasteiger partial charge >= 0.3 is 5.91 Å². The van der Waals surface area contributed by atoms with Crippen LogP contribution in [-0.4, -0.2) is 36.3 Å². The molecule has 1 aliphatic heterocycles. The Morgan fingerprint density at radius 3 is 2.56 bits per heavy atom. The van der Waals surface area contributed by atoms with Gasteiger partial charge in [0.25, 0.3) is 0 Å². The van der Waals surface area contributed by atoms with Gasteiger partial charge in [-0.25, -0.2) is 0 Å². The predicted octanol–water partition coefficient (Wildman–Crippen LogP) is 4.97. The third-order valence-electron chi connectivity index (χ3n) is 6.71. The van der Waals surface area contributed by atoms with Crippen molar-refractivity contribution >= 4 is 22.6 Å². The van der Waals surface area contributed by atoms with Crippen LogP contribution in [0.2, 0.25) is 0 Å². The van der Waals surface area contributed by atoms with Gasteiger partial charge in [0.15, 0.2) is 0 Å². The lowest BCUT2D eigenvalue weighted by molar-refractivity contribution is -0.128. The fourth-order valence-corrected chi connectivity index (χ4v) is 4.92. The third-order valence-corrected chi connectivity index (χ3v) is 6.71. The van der Waals surface area contributed by atoms with Gasteiger partial charge in [0, 0.05) is 43.0 Å².